The van der Waals surface area contributed by atoms with Gasteiger partial charge < -0.3 is 14.6 Å². The molecule has 0 aromatic rings. The molecule has 1 saturated heterocycles. The van der Waals surface area contributed by atoms with Crippen molar-refractivity contribution < 1.29 is 24.2 Å². The van der Waals surface area contributed by atoms with E-state index in [1.165, 1.54) is 0 Å². The molecule has 0 unspecified atom stereocenters. The van der Waals surface area contributed by atoms with Crippen LogP contribution in [0.2, 0.25) is 0 Å². The van der Waals surface area contributed by atoms with Crippen LogP contribution in [0.3, 0.4) is 0 Å². The molecule has 0 aromatic carbocycles. The van der Waals surface area contributed by atoms with Crippen LogP contribution in [0.1, 0.15) is 33.6 Å². The number of esters is 1. The van der Waals surface area contributed by atoms with Gasteiger partial charge in [-0.15, -0.1) is 0 Å². The minimum atomic E-state index is -1.40. The Morgan fingerprint density at radius 3 is 2.63 bits per heavy atom. The molecule has 5 heteroatoms. The summed E-state index contributed by atoms with van der Waals surface area (Å²) < 4.78 is 11.6. The molecule has 5 nitrogen and oxygen atoms in total. The molecule has 0 aromatic heterocycles. The second kappa shape index (κ2) is 7.10. The Morgan fingerprint density at radius 1 is 1.17 bits per heavy atom. The third-order valence-corrected chi connectivity index (χ3v) is 6.25. The third kappa shape index (κ3) is 3.14. The number of hydrogen-bond acceptors (Lipinski definition) is 5. The highest BCUT2D eigenvalue weighted by Crippen LogP contribution is 2.53. The average molecular weight is 406 g/mol. The van der Waals surface area contributed by atoms with E-state index in [2.05, 4.69) is 6.58 Å². The number of allylic oxidation sites excluding steroid dienone is 4. The Bertz CT molecular complexity index is 1030. The van der Waals surface area contributed by atoms with E-state index >= 15 is 0 Å². The number of aliphatic hydroxyl groups is 1. The maximum atomic E-state index is 13.7. The van der Waals surface area contributed by atoms with Crippen molar-refractivity contribution in [3.63, 3.8) is 0 Å². The molecule has 5 aliphatic rings. The van der Waals surface area contributed by atoms with Crippen molar-refractivity contribution in [2.75, 3.05) is 6.61 Å². The van der Waals surface area contributed by atoms with E-state index in [9.17, 15) is 14.7 Å². The molecule has 3 atom stereocenters. The first-order valence-corrected chi connectivity index (χ1v) is 10.1. The summed E-state index contributed by atoms with van der Waals surface area (Å²) in [5.41, 5.74) is 1.11. The van der Waals surface area contributed by atoms with Crippen LogP contribution >= 0.6 is 0 Å². The molecule has 1 fully saturated rings. The zero-order chi connectivity index (χ0) is 21.7. The van der Waals surface area contributed by atoms with Crippen LogP contribution < -0.4 is 0 Å². The van der Waals surface area contributed by atoms with Crippen molar-refractivity contribution >= 4 is 11.8 Å². The quantitative estimate of drug-likeness (QED) is 0.489. The normalized spacial score (nSPS) is 40.7. The first kappa shape index (κ1) is 20.4. The van der Waals surface area contributed by atoms with Gasteiger partial charge in [-0.2, -0.15) is 0 Å². The largest absolute Gasteiger partial charge is 0.488 e. The number of Topliss-reactive ketones (excluding diaryl/α,β-unsaturated/α-hetero) is 1. The monoisotopic (exact) mass is 406 g/mol. The van der Waals surface area contributed by atoms with Gasteiger partial charge in [0, 0.05) is 6.42 Å². The number of aliphatic hydroxyl groups excluding tert-OH is 1. The minimum Gasteiger partial charge on any atom is -0.488 e. The summed E-state index contributed by atoms with van der Waals surface area (Å²) in [5, 5.41) is 10.3. The van der Waals surface area contributed by atoms with Crippen molar-refractivity contribution in [1.29, 1.82) is 0 Å². The average Bonchev–Trinajstić information content (AvgIpc) is 2.91. The third-order valence-electron chi connectivity index (χ3n) is 6.25. The van der Waals surface area contributed by atoms with Crippen molar-refractivity contribution in [2.24, 2.45) is 5.41 Å². The van der Waals surface area contributed by atoms with Crippen LogP contribution in [0.4, 0.5) is 0 Å². The van der Waals surface area contributed by atoms with E-state index in [0.29, 0.717) is 6.42 Å². The first-order chi connectivity index (χ1) is 14.1. The van der Waals surface area contributed by atoms with E-state index in [-0.39, 0.29) is 30.1 Å². The second-order valence-electron chi connectivity index (χ2n) is 8.63. The lowest BCUT2D eigenvalue weighted by Crippen LogP contribution is -2.52. The van der Waals surface area contributed by atoms with Crippen LogP contribution in [0, 0.1) is 5.41 Å². The highest BCUT2D eigenvalue weighted by molar-refractivity contribution is 6.26. The molecule has 3 heterocycles. The van der Waals surface area contributed by atoms with E-state index in [1.807, 2.05) is 45.1 Å². The predicted octanol–water partition coefficient (Wildman–Crippen LogP) is 3.80. The van der Waals surface area contributed by atoms with Crippen molar-refractivity contribution in [3.8, 4) is 0 Å². The Labute approximate surface area is 176 Å². The fourth-order valence-electron chi connectivity index (χ4n) is 4.62. The lowest BCUT2D eigenvalue weighted by atomic mass is 9.62. The zero-order valence-electron chi connectivity index (χ0n) is 17.5. The molecule has 5 rings (SSSR count). The number of fused-ring (bicyclic) bond motifs is 5. The summed E-state index contributed by atoms with van der Waals surface area (Å²) in [6.45, 7) is 10.0. The van der Waals surface area contributed by atoms with Gasteiger partial charge in [0.25, 0.3) is 0 Å². The number of carbonyl (C=O) groups is 2. The van der Waals surface area contributed by atoms with Crippen LogP contribution in [0.5, 0.6) is 0 Å². The molecule has 30 heavy (non-hydrogen) atoms. The molecule has 2 aliphatic carbocycles. The SMILES string of the molecule is C=C1C[C@]23OC(=O)/C(=C4C=C/C(=C/[C@H](O)C/C=C/C(C)=C/[C@@]2(C)C=C1C)CO\4)C3=O. The van der Waals surface area contributed by atoms with Gasteiger partial charge in [-0.05, 0) is 50.5 Å². The highest BCUT2D eigenvalue weighted by Gasteiger charge is 2.63. The number of ether oxygens (including phenoxy) is 2. The Hall–Kier alpha value is -2.92. The van der Waals surface area contributed by atoms with E-state index in [1.54, 1.807) is 18.2 Å². The summed E-state index contributed by atoms with van der Waals surface area (Å²) in [4.78, 5) is 26.6. The summed E-state index contributed by atoms with van der Waals surface area (Å²) >= 11 is 0. The maximum Gasteiger partial charge on any atom is 0.346 e. The van der Waals surface area contributed by atoms with Gasteiger partial charge in [0.05, 0.1) is 11.5 Å². The molecular weight excluding hydrogens is 380 g/mol. The van der Waals surface area contributed by atoms with Gasteiger partial charge in [0.15, 0.2) is 5.60 Å². The maximum absolute atomic E-state index is 13.7. The molecule has 156 valence electrons. The lowest BCUT2D eigenvalue weighted by molar-refractivity contribution is -0.159. The van der Waals surface area contributed by atoms with Crippen LogP contribution in [0.25, 0.3) is 0 Å². The minimum absolute atomic E-state index is 0.0608. The molecule has 0 amide bonds. The Morgan fingerprint density at radius 2 is 1.93 bits per heavy atom. The van der Waals surface area contributed by atoms with E-state index in [4.69, 9.17) is 9.47 Å². The molecule has 4 bridgehead atoms. The summed E-state index contributed by atoms with van der Waals surface area (Å²) in [6, 6.07) is 0. The Kier molecular flexibility index (Phi) is 4.82. The van der Waals surface area contributed by atoms with Gasteiger partial charge in [-0.3, -0.25) is 4.79 Å². The zero-order valence-corrected chi connectivity index (χ0v) is 17.5. The molecular formula is C25H26O5. The molecule has 0 saturated carbocycles. The van der Waals surface area contributed by atoms with Gasteiger partial charge in [0.2, 0.25) is 5.78 Å². The fraction of sp³-hybridized carbons (Fsp3) is 0.360. The molecule has 0 radical (unpaired) electrons. The first-order valence-electron chi connectivity index (χ1n) is 10.1. The molecule has 3 aliphatic heterocycles. The summed E-state index contributed by atoms with van der Waals surface area (Å²) in [5.74, 6) is -0.843. The lowest BCUT2D eigenvalue weighted by Gasteiger charge is -2.44. The van der Waals surface area contributed by atoms with E-state index in [0.717, 1.165) is 22.3 Å². The summed E-state index contributed by atoms with van der Waals surface area (Å²) in [7, 11) is 0. The highest BCUT2D eigenvalue weighted by atomic mass is 16.6. The van der Waals surface area contributed by atoms with Crippen molar-refractivity contribution in [3.05, 3.63) is 82.7 Å². The van der Waals surface area contributed by atoms with Gasteiger partial charge in [-0.1, -0.05) is 48.1 Å². The van der Waals surface area contributed by atoms with Gasteiger partial charge in [-0.25, -0.2) is 4.79 Å². The predicted molar refractivity (Wildman–Crippen MR) is 113 cm³/mol. The smallest absolute Gasteiger partial charge is 0.346 e. The molecule has 1 N–H and O–H groups in total. The van der Waals surface area contributed by atoms with Crippen LogP contribution in [-0.2, 0) is 19.1 Å². The standard InChI is InChI=1S/C25H26O5/c1-15-6-5-7-19(26)10-18-8-9-20(29-14-18)21-22(27)25(30-23(21)28)13-17(3)16(2)12-24(25,4)11-15/h5-6,8-12,19,26H,3,7,13-14H2,1-2,4H3/b6-5+,15-11+,18-10-,21-20+/t19-,24+,25-/m1/s1. The van der Waals surface area contributed by atoms with E-state index < -0.39 is 23.1 Å². The van der Waals surface area contributed by atoms with Crippen molar-refractivity contribution in [2.45, 2.75) is 45.3 Å². The van der Waals surface area contributed by atoms with Gasteiger partial charge in [0.1, 0.15) is 17.9 Å². The topological polar surface area (TPSA) is 72.8 Å². The van der Waals surface area contributed by atoms with Gasteiger partial charge >= 0.3 is 5.97 Å². The molecule has 1 spiro atoms. The second-order valence-corrected chi connectivity index (χ2v) is 8.63. The number of rotatable bonds is 0. The fourth-order valence-corrected chi connectivity index (χ4v) is 4.62. The van der Waals surface area contributed by atoms with Crippen LogP contribution in [0.15, 0.2) is 82.7 Å². The number of hydrogen-bond donors (Lipinski definition) is 1. The van der Waals surface area contributed by atoms with Crippen molar-refractivity contribution in [1.82, 2.24) is 0 Å². The summed E-state index contributed by atoms with van der Waals surface area (Å²) in [6.07, 6.45) is 12.8. The number of ketones is 1. The number of carbonyl (C=O) groups excluding carboxylic acids is 2. The van der Waals surface area contributed by atoms with Crippen LogP contribution in [-0.4, -0.2) is 35.2 Å². The Balaban J connectivity index is 1.96.